The zero-order valence-electron chi connectivity index (χ0n) is 9.76. The van der Waals surface area contributed by atoms with E-state index in [1.54, 1.807) is 12.1 Å². The molecule has 0 bridgehead atoms. The van der Waals surface area contributed by atoms with Crippen molar-refractivity contribution in [3.63, 3.8) is 0 Å². The Balaban J connectivity index is 1.98. The highest BCUT2D eigenvalue weighted by Crippen LogP contribution is 2.49. The average Bonchev–Trinajstić information content (AvgIpc) is 2.03. The van der Waals surface area contributed by atoms with E-state index >= 15 is 0 Å². The zero-order chi connectivity index (χ0) is 11.1. The molecular formula is C14H19F. The lowest BCUT2D eigenvalue weighted by atomic mass is 9.61. The monoisotopic (exact) mass is 206 g/mol. The van der Waals surface area contributed by atoms with E-state index in [4.69, 9.17) is 0 Å². The van der Waals surface area contributed by atoms with Crippen molar-refractivity contribution in [2.24, 2.45) is 11.3 Å². The Labute approximate surface area is 91.5 Å². The van der Waals surface area contributed by atoms with E-state index in [0.29, 0.717) is 11.3 Å². The summed E-state index contributed by atoms with van der Waals surface area (Å²) in [6, 6.07) is 7.00. The van der Waals surface area contributed by atoms with Gasteiger partial charge in [-0.1, -0.05) is 32.9 Å². The van der Waals surface area contributed by atoms with Crippen LogP contribution in [-0.2, 0) is 0 Å². The maximum atomic E-state index is 12.7. The summed E-state index contributed by atoms with van der Waals surface area (Å²) in [5.74, 6) is 1.35. The van der Waals surface area contributed by atoms with Gasteiger partial charge in [0.15, 0.2) is 0 Å². The predicted molar refractivity (Wildman–Crippen MR) is 61.3 cm³/mol. The Hall–Kier alpha value is -0.850. The van der Waals surface area contributed by atoms with E-state index in [2.05, 4.69) is 20.8 Å². The summed E-state index contributed by atoms with van der Waals surface area (Å²) >= 11 is 0. The first-order chi connectivity index (χ1) is 6.97. The molecule has 0 amide bonds. The largest absolute Gasteiger partial charge is 0.207 e. The molecule has 0 N–H and O–H groups in total. The molecule has 1 fully saturated rings. The lowest BCUT2D eigenvalue weighted by molar-refractivity contribution is 0.115. The van der Waals surface area contributed by atoms with Gasteiger partial charge in [-0.2, -0.15) is 0 Å². The molecule has 1 aliphatic carbocycles. The maximum absolute atomic E-state index is 12.7. The minimum atomic E-state index is -0.134. The molecule has 1 aliphatic rings. The van der Waals surface area contributed by atoms with Crippen LogP contribution in [0.4, 0.5) is 4.39 Å². The van der Waals surface area contributed by atoms with Gasteiger partial charge in [0.1, 0.15) is 5.82 Å². The van der Waals surface area contributed by atoms with Crippen molar-refractivity contribution >= 4 is 0 Å². The first kappa shape index (κ1) is 10.7. The molecule has 0 atom stereocenters. The summed E-state index contributed by atoms with van der Waals surface area (Å²) in [5, 5.41) is 0. The molecule has 0 heterocycles. The van der Waals surface area contributed by atoms with Gasteiger partial charge in [0, 0.05) is 0 Å². The number of halogens is 1. The molecule has 1 aromatic rings. The van der Waals surface area contributed by atoms with Crippen LogP contribution in [0.3, 0.4) is 0 Å². The standard InChI is InChI=1S/C14H19F/c1-14(2,3)12-8-11(9-12)10-4-6-13(15)7-5-10/h4-7,11-12H,8-9H2,1-3H3. The Morgan fingerprint density at radius 3 is 2.07 bits per heavy atom. The normalized spacial score (nSPS) is 26.1. The fourth-order valence-corrected chi connectivity index (χ4v) is 2.33. The number of hydrogen-bond donors (Lipinski definition) is 0. The predicted octanol–water partition coefficient (Wildman–Crippen LogP) is 4.37. The van der Waals surface area contributed by atoms with Gasteiger partial charge < -0.3 is 0 Å². The Morgan fingerprint density at radius 1 is 1.07 bits per heavy atom. The number of hydrogen-bond acceptors (Lipinski definition) is 0. The van der Waals surface area contributed by atoms with Gasteiger partial charge in [0.2, 0.25) is 0 Å². The summed E-state index contributed by atoms with van der Waals surface area (Å²) in [5.41, 5.74) is 1.73. The molecule has 0 spiro atoms. The van der Waals surface area contributed by atoms with E-state index < -0.39 is 0 Å². The van der Waals surface area contributed by atoms with Crippen molar-refractivity contribution in [3.05, 3.63) is 35.6 Å². The highest BCUT2D eigenvalue weighted by molar-refractivity contribution is 5.23. The fraction of sp³-hybridized carbons (Fsp3) is 0.571. The minimum absolute atomic E-state index is 0.134. The third-order valence-corrected chi connectivity index (χ3v) is 3.70. The van der Waals surface area contributed by atoms with Crippen LogP contribution < -0.4 is 0 Å². The third kappa shape index (κ3) is 2.22. The molecule has 1 aromatic carbocycles. The molecule has 15 heavy (non-hydrogen) atoms. The molecule has 1 saturated carbocycles. The third-order valence-electron chi connectivity index (χ3n) is 3.70. The highest BCUT2D eigenvalue weighted by atomic mass is 19.1. The molecule has 0 aromatic heterocycles. The van der Waals surface area contributed by atoms with Gasteiger partial charge in [-0.15, -0.1) is 0 Å². The first-order valence-electron chi connectivity index (χ1n) is 5.72. The van der Waals surface area contributed by atoms with Crippen LogP contribution >= 0.6 is 0 Å². The van der Waals surface area contributed by atoms with Crippen molar-refractivity contribution in [3.8, 4) is 0 Å². The molecular weight excluding hydrogens is 187 g/mol. The van der Waals surface area contributed by atoms with Crippen molar-refractivity contribution < 1.29 is 4.39 Å². The summed E-state index contributed by atoms with van der Waals surface area (Å²) in [6.45, 7) is 6.91. The van der Waals surface area contributed by atoms with E-state index in [9.17, 15) is 4.39 Å². The second-order valence-electron chi connectivity index (χ2n) is 5.78. The van der Waals surface area contributed by atoms with Crippen LogP contribution in [0.15, 0.2) is 24.3 Å². The van der Waals surface area contributed by atoms with Crippen LogP contribution in [-0.4, -0.2) is 0 Å². The Kier molecular flexibility index (Phi) is 2.57. The molecule has 0 aliphatic heterocycles. The van der Waals surface area contributed by atoms with Gasteiger partial charge in [-0.25, -0.2) is 4.39 Å². The molecule has 0 unspecified atom stereocenters. The van der Waals surface area contributed by atoms with Crippen LogP contribution in [0.2, 0.25) is 0 Å². The molecule has 2 rings (SSSR count). The van der Waals surface area contributed by atoms with Crippen LogP contribution in [0.5, 0.6) is 0 Å². The number of rotatable bonds is 1. The Morgan fingerprint density at radius 2 is 1.60 bits per heavy atom. The molecule has 0 nitrogen and oxygen atoms in total. The SMILES string of the molecule is CC(C)(C)C1CC(c2ccc(F)cc2)C1. The quantitative estimate of drug-likeness (QED) is 0.640. The second kappa shape index (κ2) is 3.62. The van der Waals surface area contributed by atoms with Gasteiger partial charge in [0.25, 0.3) is 0 Å². The van der Waals surface area contributed by atoms with Crippen molar-refractivity contribution in [2.75, 3.05) is 0 Å². The molecule has 0 radical (unpaired) electrons. The molecule has 82 valence electrons. The Bertz CT molecular complexity index is 325. The van der Waals surface area contributed by atoms with Crippen molar-refractivity contribution in [2.45, 2.75) is 39.5 Å². The van der Waals surface area contributed by atoms with Crippen LogP contribution in [0.1, 0.15) is 45.1 Å². The topological polar surface area (TPSA) is 0 Å². The van der Waals surface area contributed by atoms with Crippen molar-refractivity contribution in [1.29, 1.82) is 0 Å². The summed E-state index contributed by atoms with van der Waals surface area (Å²) in [6.07, 6.45) is 2.52. The van der Waals surface area contributed by atoms with Crippen LogP contribution in [0, 0.1) is 17.2 Å². The minimum Gasteiger partial charge on any atom is -0.207 e. The number of benzene rings is 1. The van der Waals surface area contributed by atoms with E-state index in [-0.39, 0.29) is 5.82 Å². The highest BCUT2D eigenvalue weighted by Gasteiger charge is 2.37. The lowest BCUT2D eigenvalue weighted by Gasteiger charge is -2.44. The van der Waals surface area contributed by atoms with Crippen molar-refractivity contribution in [1.82, 2.24) is 0 Å². The molecule has 0 saturated heterocycles. The average molecular weight is 206 g/mol. The summed E-state index contributed by atoms with van der Waals surface area (Å²) in [4.78, 5) is 0. The van der Waals surface area contributed by atoms with E-state index in [0.717, 1.165) is 5.92 Å². The fourth-order valence-electron chi connectivity index (χ4n) is 2.33. The maximum Gasteiger partial charge on any atom is 0.123 e. The zero-order valence-corrected chi connectivity index (χ0v) is 9.76. The van der Waals surface area contributed by atoms with Gasteiger partial charge in [0.05, 0.1) is 0 Å². The molecule has 1 heteroatoms. The van der Waals surface area contributed by atoms with Crippen LogP contribution in [0.25, 0.3) is 0 Å². The smallest absolute Gasteiger partial charge is 0.123 e. The van der Waals surface area contributed by atoms with Gasteiger partial charge in [-0.3, -0.25) is 0 Å². The van der Waals surface area contributed by atoms with E-state index in [1.807, 2.05) is 12.1 Å². The first-order valence-corrected chi connectivity index (χ1v) is 5.72. The van der Waals surface area contributed by atoms with Gasteiger partial charge >= 0.3 is 0 Å². The van der Waals surface area contributed by atoms with E-state index in [1.165, 1.54) is 18.4 Å². The second-order valence-corrected chi connectivity index (χ2v) is 5.78. The summed E-state index contributed by atoms with van der Waals surface area (Å²) in [7, 11) is 0. The lowest BCUT2D eigenvalue weighted by Crippen LogP contribution is -2.32. The summed E-state index contributed by atoms with van der Waals surface area (Å²) < 4.78 is 12.7. The van der Waals surface area contributed by atoms with Gasteiger partial charge in [-0.05, 0) is 47.8 Å².